The Labute approximate surface area is 167 Å². The van der Waals surface area contributed by atoms with E-state index in [0.717, 1.165) is 18.5 Å². The van der Waals surface area contributed by atoms with Crippen LogP contribution in [0.2, 0.25) is 0 Å². The number of aromatic amines is 1. The normalized spacial score (nSPS) is 14.6. The van der Waals surface area contributed by atoms with E-state index in [1.807, 2.05) is 4.90 Å². The average molecular weight is 393 g/mol. The lowest BCUT2D eigenvalue weighted by Crippen LogP contribution is -2.38. The average Bonchev–Trinajstić information content (AvgIpc) is 3.26. The minimum absolute atomic E-state index is 0.0221. The number of para-hydroxylation sites is 1. The molecule has 7 nitrogen and oxygen atoms in total. The maximum atomic E-state index is 13.7. The Morgan fingerprint density at radius 3 is 2.66 bits per heavy atom. The number of amides is 2. The molecular weight excluding hydrogens is 373 g/mol. The maximum Gasteiger partial charge on any atom is 0.276 e. The lowest BCUT2D eigenvalue weighted by molar-refractivity contribution is 0.0711. The van der Waals surface area contributed by atoms with Gasteiger partial charge in [-0.25, -0.2) is 4.39 Å². The van der Waals surface area contributed by atoms with E-state index in [4.69, 9.17) is 0 Å². The Balaban J connectivity index is 1.36. The summed E-state index contributed by atoms with van der Waals surface area (Å²) in [6.45, 7) is 1.24. The Morgan fingerprint density at radius 1 is 1.14 bits per heavy atom. The molecule has 29 heavy (non-hydrogen) atoms. The van der Waals surface area contributed by atoms with Crippen LogP contribution in [0.1, 0.15) is 45.3 Å². The molecule has 4 rings (SSSR count). The van der Waals surface area contributed by atoms with Crippen LogP contribution in [0, 0.1) is 5.82 Å². The van der Waals surface area contributed by atoms with Crippen molar-refractivity contribution in [2.24, 2.45) is 0 Å². The molecule has 1 aromatic carbocycles. The van der Waals surface area contributed by atoms with Crippen LogP contribution in [0.15, 0.2) is 54.9 Å². The van der Waals surface area contributed by atoms with Gasteiger partial charge in [-0.15, -0.1) is 0 Å². The van der Waals surface area contributed by atoms with Gasteiger partial charge >= 0.3 is 0 Å². The Kier molecular flexibility index (Phi) is 5.33. The van der Waals surface area contributed by atoms with Crippen molar-refractivity contribution in [2.75, 3.05) is 18.4 Å². The molecule has 2 N–H and O–H groups in total. The number of hydrogen-bond donors (Lipinski definition) is 2. The van der Waals surface area contributed by atoms with Crippen molar-refractivity contribution in [1.29, 1.82) is 0 Å². The van der Waals surface area contributed by atoms with Crippen LogP contribution in [0.3, 0.4) is 0 Å². The highest BCUT2D eigenvalue weighted by molar-refractivity contribution is 6.03. The molecular formula is C21H20FN5O2. The molecule has 1 aliphatic rings. The monoisotopic (exact) mass is 393 g/mol. The molecule has 2 aromatic heterocycles. The summed E-state index contributed by atoms with van der Waals surface area (Å²) in [6.07, 6.45) is 4.75. The third-order valence-electron chi connectivity index (χ3n) is 5.08. The van der Waals surface area contributed by atoms with E-state index in [0.29, 0.717) is 18.7 Å². The molecule has 1 saturated heterocycles. The van der Waals surface area contributed by atoms with Gasteiger partial charge in [0.2, 0.25) is 0 Å². The molecule has 0 unspecified atom stereocenters. The third kappa shape index (κ3) is 4.16. The fourth-order valence-electron chi connectivity index (χ4n) is 3.48. The van der Waals surface area contributed by atoms with Crippen molar-refractivity contribution in [2.45, 2.75) is 18.8 Å². The van der Waals surface area contributed by atoms with Crippen molar-refractivity contribution in [3.8, 4) is 0 Å². The minimum Gasteiger partial charge on any atom is -0.339 e. The molecule has 1 fully saturated rings. The van der Waals surface area contributed by atoms with Crippen LogP contribution in [-0.2, 0) is 0 Å². The van der Waals surface area contributed by atoms with Gasteiger partial charge in [0.25, 0.3) is 11.8 Å². The molecule has 0 radical (unpaired) electrons. The molecule has 0 bridgehead atoms. The number of carbonyl (C=O) groups excluding carboxylic acids is 2. The fraction of sp³-hybridized carbons (Fsp3) is 0.238. The van der Waals surface area contributed by atoms with Crippen molar-refractivity contribution in [3.05, 3.63) is 77.6 Å². The Hall–Kier alpha value is -3.55. The number of carbonyl (C=O) groups is 2. The molecule has 2 amide bonds. The first-order valence-electron chi connectivity index (χ1n) is 9.42. The molecule has 0 atom stereocenters. The quantitative estimate of drug-likeness (QED) is 0.712. The van der Waals surface area contributed by atoms with Gasteiger partial charge < -0.3 is 10.2 Å². The van der Waals surface area contributed by atoms with Gasteiger partial charge in [0.15, 0.2) is 5.69 Å². The van der Waals surface area contributed by atoms with Crippen molar-refractivity contribution < 1.29 is 14.0 Å². The first kappa shape index (κ1) is 18.8. The summed E-state index contributed by atoms with van der Waals surface area (Å²) in [5.41, 5.74) is 1.75. The van der Waals surface area contributed by atoms with E-state index in [1.54, 1.807) is 42.7 Å². The second-order valence-corrected chi connectivity index (χ2v) is 6.95. The summed E-state index contributed by atoms with van der Waals surface area (Å²) in [5.74, 6) is -0.814. The van der Waals surface area contributed by atoms with Gasteiger partial charge in [0.1, 0.15) is 5.82 Å². The van der Waals surface area contributed by atoms with Gasteiger partial charge in [-0.1, -0.05) is 12.1 Å². The highest BCUT2D eigenvalue weighted by atomic mass is 19.1. The zero-order valence-electron chi connectivity index (χ0n) is 15.6. The summed E-state index contributed by atoms with van der Waals surface area (Å²) in [7, 11) is 0. The topological polar surface area (TPSA) is 91.0 Å². The Morgan fingerprint density at radius 2 is 1.93 bits per heavy atom. The number of piperidine rings is 1. The molecule has 0 aliphatic carbocycles. The van der Waals surface area contributed by atoms with E-state index in [-0.39, 0.29) is 23.2 Å². The number of nitrogens with zero attached hydrogens (tertiary/aromatic N) is 3. The minimum atomic E-state index is -0.498. The van der Waals surface area contributed by atoms with Gasteiger partial charge in [-0.3, -0.25) is 19.7 Å². The van der Waals surface area contributed by atoms with Crippen LogP contribution < -0.4 is 5.32 Å². The first-order valence-corrected chi connectivity index (χ1v) is 9.42. The van der Waals surface area contributed by atoms with Crippen molar-refractivity contribution in [1.82, 2.24) is 20.1 Å². The number of rotatable bonds is 4. The van der Waals surface area contributed by atoms with Crippen LogP contribution in [0.4, 0.5) is 10.1 Å². The zero-order chi connectivity index (χ0) is 20.2. The number of pyridine rings is 1. The van der Waals surface area contributed by atoms with Crippen LogP contribution in [0.25, 0.3) is 0 Å². The second-order valence-electron chi connectivity index (χ2n) is 6.95. The van der Waals surface area contributed by atoms with Gasteiger partial charge in [0, 0.05) is 37.1 Å². The molecule has 8 heteroatoms. The largest absolute Gasteiger partial charge is 0.339 e. The highest BCUT2D eigenvalue weighted by Crippen LogP contribution is 2.28. The number of aromatic nitrogens is 3. The molecule has 0 spiro atoms. The standard InChI is InChI=1S/C21H20FN5O2/c22-16-5-1-2-6-17(16)24-20(28)19-12-18(25-26-19)14-7-10-27(11-8-14)21(29)15-4-3-9-23-13-15/h1-6,9,12-14H,7-8,10-11H2,(H,24,28)(H,25,26). The second kappa shape index (κ2) is 8.22. The number of nitrogens with one attached hydrogen (secondary N) is 2. The first-order chi connectivity index (χ1) is 14.1. The van der Waals surface area contributed by atoms with Gasteiger partial charge in [0.05, 0.1) is 11.3 Å². The summed E-state index contributed by atoms with van der Waals surface area (Å²) < 4.78 is 13.7. The van der Waals surface area contributed by atoms with Gasteiger partial charge in [-0.05, 0) is 43.2 Å². The van der Waals surface area contributed by atoms with E-state index in [1.165, 1.54) is 12.1 Å². The number of anilines is 1. The lowest BCUT2D eigenvalue weighted by atomic mass is 9.93. The lowest BCUT2D eigenvalue weighted by Gasteiger charge is -2.31. The SMILES string of the molecule is O=C(Nc1ccccc1F)c1cc(C2CCN(C(=O)c3cccnc3)CC2)[nH]n1. The zero-order valence-corrected chi connectivity index (χ0v) is 15.6. The molecule has 3 aromatic rings. The fourth-order valence-corrected chi connectivity index (χ4v) is 3.48. The molecule has 0 saturated carbocycles. The van der Waals surface area contributed by atoms with Crippen LogP contribution in [0.5, 0.6) is 0 Å². The smallest absolute Gasteiger partial charge is 0.276 e. The molecule has 148 valence electrons. The van der Waals surface area contributed by atoms with Crippen LogP contribution >= 0.6 is 0 Å². The van der Waals surface area contributed by atoms with E-state index < -0.39 is 11.7 Å². The summed E-state index contributed by atoms with van der Waals surface area (Å²) in [4.78, 5) is 30.7. The van der Waals surface area contributed by atoms with Gasteiger partial charge in [-0.2, -0.15) is 5.10 Å². The van der Waals surface area contributed by atoms with Crippen LogP contribution in [-0.4, -0.2) is 45.0 Å². The summed E-state index contributed by atoms with van der Waals surface area (Å²) in [5, 5.41) is 9.51. The van der Waals surface area contributed by atoms with E-state index >= 15 is 0 Å². The predicted molar refractivity (Wildman–Crippen MR) is 105 cm³/mol. The van der Waals surface area contributed by atoms with E-state index in [9.17, 15) is 14.0 Å². The highest BCUT2D eigenvalue weighted by Gasteiger charge is 2.26. The Bertz CT molecular complexity index is 1010. The number of benzene rings is 1. The predicted octanol–water partition coefficient (Wildman–Crippen LogP) is 3.22. The molecule has 1 aliphatic heterocycles. The number of halogens is 1. The maximum absolute atomic E-state index is 13.7. The number of hydrogen-bond acceptors (Lipinski definition) is 4. The summed E-state index contributed by atoms with van der Waals surface area (Å²) in [6, 6.07) is 11.2. The van der Waals surface area contributed by atoms with Crippen molar-refractivity contribution >= 4 is 17.5 Å². The summed E-state index contributed by atoms with van der Waals surface area (Å²) >= 11 is 0. The number of likely N-dealkylation sites (tertiary alicyclic amines) is 1. The van der Waals surface area contributed by atoms with E-state index in [2.05, 4.69) is 20.5 Å². The molecule has 3 heterocycles. The van der Waals surface area contributed by atoms with Crippen molar-refractivity contribution in [3.63, 3.8) is 0 Å². The number of H-pyrrole nitrogens is 1. The third-order valence-corrected chi connectivity index (χ3v) is 5.08.